The van der Waals surface area contributed by atoms with Gasteiger partial charge in [-0.05, 0) is 43.7 Å². The van der Waals surface area contributed by atoms with Gasteiger partial charge in [-0.3, -0.25) is 5.32 Å². The van der Waals surface area contributed by atoms with Crippen molar-refractivity contribution in [2.75, 3.05) is 5.32 Å². The summed E-state index contributed by atoms with van der Waals surface area (Å²) in [5.41, 5.74) is -0.233. The Bertz CT molecular complexity index is 535. The number of ether oxygens (including phenoxy) is 1. The number of para-hydroxylation sites is 1. The highest BCUT2D eigenvalue weighted by atomic mass is 16.6. The molecule has 0 aliphatic heterocycles. The number of hydrogen-bond acceptors (Lipinski definition) is 4. The fraction of sp³-hybridized carbons (Fsp3) is 0.467. The van der Waals surface area contributed by atoms with Crippen LogP contribution in [0.5, 0.6) is 5.75 Å². The number of aromatic hydroxyl groups is 1. The van der Waals surface area contributed by atoms with Crippen LogP contribution in [-0.4, -0.2) is 28.4 Å². The minimum absolute atomic E-state index is 0.0316. The van der Waals surface area contributed by atoms with Crippen LogP contribution in [0, 0.1) is 5.92 Å². The van der Waals surface area contributed by atoms with Gasteiger partial charge in [0, 0.05) is 0 Å². The topological polar surface area (TPSA) is 95.9 Å². The number of carbonyl (C=O) groups is 2. The van der Waals surface area contributed by atoms with Gasteiger partial charge >= 0.3 is 12.1 Å². The molecule has 0 radical (unpaired) electrons. The molecular weight excluding hydrogens is 274 g/mol. The first-order chi connectivity index (χ1) is 9.97. The zero-order chi connectivity index (χ0) is 15.4. The van der Waals surface area contributed by atoms with Crippen LogP contribution in [0.25, 0.3) is 0 Å². The standard InChI is InChI=1S/C15H19NO5/c1-9-5-7-10(8-6-9)21-15(20)16-12-4-2-3-11(13(12)17)14(18)19/h2-4,9-10,17H,5-8H2,1H3,(H,16,20)(H,18,19). The van der Waals surface area contributed by atoms with Crippen molar-refractivity contribution < 1.29 is 24.5 Å². The van der Waals surface area contributed by atoms with E-state index >= 15 is 0 Å². The molecule has 0 atom stereocenters. The van der Waals surface area contributed by atoms with E-state index in [0.717, 1.165) is 25.7 Å². The van der Waals surface area contributed by atoms with Crippen molar-refractivity contribution in [3.05, 3.63) is 23.8 Å². The Balaban J connectivity index is 1.97. The van der Waals surface area contributed by atoms with Crippen LogP contribution in [-0.2, 0) is 4.74 Å². The lowest BCUT2D eigenvalue weighted by atomic mass is 9.89. The van der Waals surface area contributed by atoms with E-state index in [1.165, 1.54) is 18.2 Å². The van der Waals surface area contributed by atoms with E-state index in [0.29, 0.717) is 5.92 Å². The number of carbonyl (C=O) groups excluding carboxylic acids is 1. The second-order valence-corrected chi connectivity index (χ2v) is 5.42. The Labute approximate surface area is 122 Å². The third-order valence-corrected chi connectivity index (χ3v) is 3.74. The van der Waals surface area contributed by atoms with Crippen molar-refractivity contribution in [1.82, 2.24) is 0 Å². The van der Waals surface area contributed by atoms with Crippen molar-refractivity contribution in [3.63, 3.8) is 0 Å². The van der Waals surface area contributed by atoms with Crippen LogP contribution < -0.4 is 5.32 Å². The maximum Gasteiger partial charge on any atom is 0.412 e. The van der Waals surface area contributed by atoms with Crippen LogP contribution in [0.15, 0.2) is 18.2 Å². The lowest BCUT2D eigenvalue weighted by Crippen LogP contribution is -2.26. The molecular formula is C15H19NO5. The molecule has 0 heterocycles. The molecule has 114 valence electrons. The maximum atomic E-state index is 11.8. The molecule has 0 spiro atoms. The molecule has 1 aliphatic carbocycles. The van der Waals surface area contributed by atoms with Gasteiger partial charge in [-0.2, -0.15) is 0 Å². The highest BCUT2D eigenvalue weighted by Crippen LogP contribution is 2.29. The molecule has 0 aromatic heterocycles. The highest BCUT2D eigenvalue weighted by Gasteiger charge is 2.22. The monoisotopic (exact) mass is 293 g/mol. The number of amides is 1. The Kier molecular flexibility index (Phi) is 4.67. The second-order valence-electron chi connectivity index (χ2n) is 5.42. The Hall–Kier alpha value is -2.24. The fourth-order valence-corrected chi connectivity index (χ4v) is 2.46. The predicted octanol–water partition coefficient (Wildman–Crippen LogP) is 3.22. The molecule has 1 aromatic rings. The van der Waals surface area contributed by atoms with Crippen LogP contribution in [0.4, 0.5) is 10.5 Å². The van der Waals surface area contributed by atoms with Crippen molar-refractivity contribution in [3.8, 4) is 5.75 Å². The third-order valence-electron chi connectivity index (χ3n) is 3.74. The summed E-state index contributed by atoms with van der Waals surface area (Å²) in [7, 11) is 0. The van der Waals surface area contributed by atoms with Crippen LogP contribution >= 0.6 is 0 Å². The molecule has 1 aliphatic rings. The van der Waals surface area contributed by atoms with Gasteiger partial charge in [-0.15, -0.1) is 0 Å². The van der Waals surface area contributed by atoms with E-state index in [1.54, 1.807) is 0 Å². The first-order valence-corrected chi connectivity index (χ1v) is 7.00. The number of hydrogen-bond donors (Lipinski definition) is 3. The highest BCUT2D eigenvalue weighted by molar-refractivity contribution is 5.96. The van der Waals surface area contributed by atoms with E-state index in [9.17, 15) is 14.7 Å². The van der Waals surface area contributed by atoms with E-state index in [4.69, 9.17) is 9.84 Å². The molecule has 21 heavy (non-hydrogen) atoms. The van der Waals surface area contributed by atoms with E-state index < -0.39 is 17.8 Å². The molecule has 3 N–H and O–H groups in total. The number of phenols is 1. The number of carboxylic acids is 1. The minimum Gasteiger partial charge on any atom is -0.505 e. The van der Waals surface area contributed by atoms with Gasteiger partial charge in [0.1, 0.15) is 11.7 Å². The third kappa shape index (κ3) is 3.87. The normalized spacial score (nSPS) is 21.6. The summed E-state index contributed by atoms with van der Waals surface area (Å²) in [5.74, 6) is -1.07. The number of benzene rings is 1. The van der Waals surface area contributed by atoms with Crippen LogP contribution in [0.2, 0.25) is 0 Å². The number of anilines is 1. The summed E-state index contributed by atoms with van der Waals surface area (Å²) in [5, 5.41) is 21.1. The van der Waals surface area contributed by atoms with Crippen molar-refractivity contribution >= 4 is 17.7 Å². The predicted molar refractivity (Wildman–Crippen MR) is 76.6 cm³/mol. The average molecular weight is 293 g/mol. The quantitative estimate of drug-likeness (QED) is 0.744. The molecule has 6 heteroatoms. The molecule has 2 rings (SSSR count). The smallest absolute Gasteiger partial charge is 0.412 e. The fourth-order valence-electron chi connectivity index (χ4n) is 2.46. The number of rotatable bonds is 3. The number of carboxylic acid groups (broad SMARTS) is 1. The maximum absolute atomic E-state index is 11.8. The molecule has 1 saturated carbocycles. The van der Waals surface area contributed by atoms with Crippen molar-refractivity contribution in [2.24, 2.45) is 5.92 Å². The zero-order valence-corrected chi connectivity index (χ0v) is 11.8. The summed E-state index contributed by atoms with van der Waals surface area (Å²) in [6, 6.07) is 4.13. The summed E-state index contributed by atoms with van der Waals surface area (Å²) in [4.78, 5) is 22.7. The average Bonchev–Trinajstić information content (AvgIpc) is 2.43. The van der Waals surface area contributed by atoms with Gasteiger partial charge in [-0.1, -0.05) is 13.0 Å². The molecule has 1 amide bonds. The summed E-state index contributed by atoms with van der Waals surface area (Å²) >= 11 is 0. The van der Waals surface area contributed by atoms with Gasteiger partial charge in [-0.25, -0.2) is 9.59 Å². The Morgan fingerprint density at radius 1 is 1.24 bits per heavy atom. The zero-order valence-electron chi connectivity index (χ0n) is 11.8. The molecule has 6 nitrogen and oxygen atoms in total. The van der Waals surface area contributed by atoms with Gasteiger partial charge in [0.05, 0.1) is 5.69 Å². The van der Waals surface area contributed by atoms with E-state index in [-0.39, 0.29) is 17.4 Å². The Morgan fingerprint density at radius 3 is 2.52 bits per heavy atom. The molecule has 0 unspecified atom stereocenters. The van der Waals surface area contributed by atoms with Crippen molar-refractivity contribution in [1.29, 1.82) is 0 Å². The first kappa shape index (κ1) is 15.2. The summed E-state index contributed by atoms with van der Waals surface area (Å²) in [6.45, 7) is 2.17. The minimum atomic E-state index is -1.26. The molecule has 1 fully saturated rings. The largest absolute Gasteiger partial charge is 0.505 e. The van der Waals surface area contributed by atoms with Gasteiger partial charge < -0.3 is 14.9 Å². The summed E-state index contributed by atoms with van der Waals surface area (Å²) in [6.07, 6.45) is 2.92. The second kappa shape index (κ2) is 6.47. The van der Waals surface area contributed by atoms with Gasteiger partial charge in [0.2, 0.25) is 0 Å². The van der Waals surface area contributed by atoms with E-state index in [1.807, 2.05) is 0 Å². The first-order valence-electron chi connectivity index (χ1n) is 7.00. The van der Waals surface area contributed by atoms with E-state index in [2.05, 4.69) is 12.2 Å². The molecule has 0 saturated heterocycles. The van der Waals surface area contributed by atoms with Crippen LogP contribution in [0.1, 0.15) is 43.0 Å². The lowest BCUT2D eigenvalue weighted by molar-refractivity contribution is 0.0691. The molecule has 0 bridgehead atoms. The van der Waals surface area contributed by atoms with Crippen molar-refractivity contribution in [2.45, 2.75) is 38.7 Å². The Morgan fingerprint density at radius 2 is 1.90 bits per heavy atom. The summed E-state index contributed by atoms with van der Waals surface area (Å²) < 4.78 is 5.29. The van der Waals surface area contributed by atoms with Crippen LogP contribution in [0.3, 0.4) is 0 Å². The number of nitrogens with one attached hydrogen (secondary N) is 1. The molecule has 1 aromatic carbocycles. The van der Waals surface area contributed by atoms with Gasteiger partial charge in [0.15, 0.2) is 5.75 Å². The lowest BCUT2D eigenvalue weighted by Gasteiger charge is -2.26. The van der Waals surface area contributed by atoms with Gasteiger partial charge in [0.25, 0.3) is 0 Å². The number of aromatic carboxylic acids is 1. The SMILES string of the molecule is CC1CCC(OC(=O)Nc2cccc(C(=O)O)c2O)CC1.